The van der Waals surface area contributed by atoms with Crippen LogP contribution in [-0.2, 0) is 0 Å². The SMILES string of the molecule is CCC1(CC)CCN(c2cccc(Br)c2C(=N)N)C1. The van der Waals surface area contributed by atoms with Gasteiger partial charge in [0.2, 0.25) is 0 Å². The van der Waals surface area contributed by atoms with E-state index < -0.39 is 0 Å². The van der Waals surface area contributed by atoms with E-state index in [9.17, 15) is 0 Å². The van der Waals surface area contributed by atoms with Crippen LogP contribution in [0.15, 0.2) is 22.7 Å². The Hall–Kier alpha value is -1.03. The number of amidine groups is 1. The third kappa shape index (κ3) is 2.64. The summed E-state index contributed by atoms with van der Waals surface area (Å²) in [6.45, 7) is 6.68. The third-order valence-corrected chi connectivity index (χ3v) is 5.20. The van der Waals surface area contributed by atoms with Gasteiger partial charge in [0.25, 0.3) is 0 Å². The summed E-state index contributed by atoms with van der Waals surface area (Å²) in [7, 11) is 0. The van der Waals surface area contributed by atoms with Gasteiger partial charge in [-0.2, -0.15) is 0 Å². The van der Waals surface area contributed by atoms with Crippen molar-refractivity contribution in [2.24, 2.45) is 11.1 Å². The Labute approximate surface area is 123 Å². The van der Waals surface area contributed by atoms with Gasteiger partial charge in [-0.1, -0.05) is 19.9 Å². The molecule has 19 heavy (non-hydrogen) atoms. The van der Waals surface area contributed by atoms with Gasteiger partial charge in [-0.15, -0.1) is 0 Å². The minimum absolute atomic E-state index is 0.132. The molecule has 0 radical (unpaired) electrons. The zero-order chi connectivity index (χ0) is 14.0. The Morgan fingerprint density at radius 1 is 1.42 bits per heavy atom. The van der Waals surface area contributed by atoms with Gasteiger partial charge in [-0.3, -0.25) is 5.41 Å². The summed E-state index contributed by atoms with van der Waals surface area (Å²) in [5, 5.41) is 7.79. The fourth-order valence-corrected chi connectivity index (χ4v) is 3.58. The number of nitrogens with one attached hydrogen (secondary N) is 1. The van der Waals surface area contributed by atoms with E-state index in [0.717, 1.165) is 28.8 Å². The molecule has 0 unspecified atom stereocenters. The number of nitrogens with zero attached hydrogens (tertiary/aromatic N) is 1. The number of rotatable bonds is 4. The van der Waals surface area contributed by atoms with Crippen molar-refractivity contribution in [1.82, 2.24) is 0 Å². The van der Waals surface area contributed by atoms with Crippen LogP contribution in [0.1, 0.15) is 38.7 Å². The maximum Gasteiger partial charge on any atom is 0.126 e. The van der Waals surface area contributed by atoms with Crippen LogP contribution in [0.25, 0.3) is 0 Å². The molecule has 0 amide bonds. The highest BCUT2D eigenvalue weighted by molar-refractivity contribution is 9.10. The molecule has 0 aliphatic carbocycles. The molecule has 1 aromatic carbocycles. The predicted molar refractivity (Wildman–Crippen MR) is 85.0 cm³/mol. The van der Waals surface area contributed by atoms with Gasteiger partial charge in [0, 0.05) is 23.2 Å². The van der Waals surface area contributed by atoms with Crippen molar-refractivity contribution in [1.29, 1.82) is 5.41 Å². The van der Waals surface area contributed by atoms with Crippen molar-refractivity contribution in [3.8, 4) is 0 Å². The molecule has 1 fully saturated rings. The van der Waals surface area contributed by atoms with Crippen LogP contribution in [0.2, 0.25) is 0 Å². The Morgan fingerprint density at radius 2 is 2.11 bits per heavy atom. The van der Waals surface area contributed by atoms with Gasteiger partial charge in [0.1, 0.15) is 5.84 Å². The Balaban J connectivity index is 2.34. The van der Waals surface area contributed by atoms with Crippen LogP contribution in [0, 0.1) is 10.8 Å². The monoisotopic (exact) mass is 323 g/mol. The fraction of sp³-hybridized carbons (Fsp3) is 0.533. The third-order valence-electron chi connectivity index (χ3n) is 4.54. The van der Waals surface area contributed by atoms with E-state index in [-0.39, 0.29) is 5.84 Å². The summed E-state index contributed by atoms with van der Waals surface area (Å²) in [5.74, 6) is 0.132. The lowest BCUT2D eigenvalue weighted by Crippen LogP contribution is -2.28. The molecule has 2 rings (SSSR count). The highest BCUT2D eigenvalue weighted by Crippen LogP contribution is 2.40. The topological polar surface area (TPSA) is 53.1 Å². The van der Waals surface area contributed by atoms with E-state index >= 15 is 0 Å². The van der Waals surface area contributed by atoms with E-state index in [4.69, 9.17) is 11.1 Å². The van der Waals surface area contributed by atoms with Crippen LogP contribution in [-0.4, -0.2) is 18.9 Å². The summed E-state index contributed by atoms with van der Waals surface area (Å²) in [5.41, 5.74) is 8.08. The first-order valence-electron chi connectivity index (χ1n) is 6.91. The first-order valence-corrected chi connectivity index (χ1v) is 7.70. The molecule has 0 saturated carbocycles. The van der Waals surface area contributed by atoms with Crippen molar-refractivity contribution < 1.29 is 0 Å². The predicted octanol–water partition coefficient (Wildman–Crippen LogP) is 3.75. The zero-order valence-electron chi connectivity index (χ0n) is 11.7. The van der Waals surface area contributed by atoms with Crippen LogP contribution in [0.4, 0.5) is 5.69 Å². The van der Waals surface area contributed by atoms with E-state index in [1.54, 1.807) is 0 Å². The summed E-state index contributed by atoms with van der Waals surface area (Å²) < 4.78 is 0.906. The molecule has 1 aliphatic heterocycles. The second kappa shape index (κ2) is 5.53. The molecule has 3 nitrogen and oxygen atoms in total. The van der Waals surface area contributed by atoms with Crippen LogP contribution in [0.5, 0.6) is 0 Å². The molecule has 1 heterocycles. The molecule has 4 heteroatoms. The number of nitrogens with two attached hydrogens (primary N) is 1. The summed E-state index contributed by atoms with van der Waals surface area (Å²) in [6.07, 6.45) is 3.65. The number of halogens is 1. The zero-order valence-corrected chi connectivity index (χ0v) is 13.3. The van der Waals surface area contributed by atoms with E-state index in [1.807, 2.05) is 12.1 Å². The average molecular weight is 324 g/mol. The van der Waals surface area contributed by atoms with Gasteiger partial charge in [-0.05, 0) is 52.7 Å². The van der Waals surface area contributed by atoms with Gasteiger partial charge in [0.15, 0.2) is 0 Å². The fourth-order valence-electron chi connectivity index (χ4n) is 3.01. The Bertz CT molecular complexity index is 480. The molecule has 0 aromatic heterocycles. The number of hydrogen-bond donors (Lipinski definition) is 2. The molecular formula is C15H22BrN3. The van der Waals surface area contributed by atoms with Crippen molar-refractivity contribution in [3.63, 3.8) is 0 Å². The molecular weight excluding hydrogens is 302 g/mol. The van der Waals surface area contributed by atoms with Gasteiger partial charge < -0.3 is 10.6 Å². The quantitative estimate of drug-likeness (QED) is 0.655. The van der Waals surface area contributed by atoms with Crippen molar-refractivity contribution in [2.45, 2.75) is 33.1 Å². The van der Waals surface area contributed by atoms with Crippen LogP contribution < -0.4 is 10.6 Å². The molecule has 0 spiro atoms. The normalized spacial score (nSPS) is 17.7. The largest absolute Gasteiger partial charge is 0.384 e. The Kier molecular flexibility index (Phi) is 4.19. The number of hydrogen-bond acceptors (Lipinski definition) is 2. The maximum atomic E-state index is 7.79. The molecule has 0 atom stereocenters. The smallest absolute Gasteiger partial charge is 0.126 e. The lowest BCUT2D eigenvalue weighted by atomic mass is 9.82. The maximum absolute atomic E-state index is 7.79. The molecule has 1 saturated heterocycles. The van der Waals surface area contributed by atoms with E-state index in [1.165, 1.54) is 19.3 Å². The molecule has 104 valence electrons. The van der Waals surface area contributed by atoms with Crippen molar-refractivity contribution in [3.05, 3.63) is 28.2 Å². The summed E-state index contributed by atoms with van der Waals surface area (Å²) in [6, 6.07) is 6.04. The van der Waals surface area contributed by atoms with E-state index in [0.29, 0.717) is 5.41 Å². The molecule has 1 aliphatic rings. The first-order chi connectivity index (χ1) is 9.03. The van der Waals surface area contributed by atoms with Crippen molar-refractivity contribution >= 4 is 27.5 Å². The highest BCUT2D eigenvalue weighted by atomic mass is 79.9. The number of nitrogen functional groups attached to an aromatic ring is 1. The van der Waals surface area contributed by atoms with Crippen LogP contribution in [0.3, 0.4) is 0 Å². The van der Waals surface area contributed by atoms with Gasteiger partial charge >= 0.3 is 0 Å². The minimum Gasteiger partial charge on any atom is -0.384 e. The second-order valence-corrected chi connectivity index (χ2v) is 6.28. The molecule has 1 aromatic rings. The Morgan fingerprint density at radius 3 is 2.63 bits per heavy atom. The average Bonchev–Trinajstić information content (AvgIpc) is 2.83. The van der Waals surface area contributed by atoms with Crippen molar-refractivity contribution in [2.75, 3.05) is 18.0 Å². The standard InChI is InChI=1S/C15H22BrN3/c1-3-15(4-2)8-9-19(10-15)12-7-5-6-11(16)13(12)14(17)18/h5-7H,3-4,8-10H2,1-2H3,(H3,17,18). The lowest BCUT2D eigenvalue weighted by Gasteiger charge is -2.28. The van der Waals surface area contributed by atoms with Gasteiger partial charge in [-0.25, -0.2) is 0 Å². The highest BCUT2D eigenvalue weighted by Gasteiger charge is 2.35. The van der Waals surface area contributed by atoms with E-state index in [2.05, 4.69) is 40.7 Å². The second-order valence-electron chi connectivity index (χ2n) is 5.43. The minimum atomic E-state index is 0.132. The molecule has 3 N–H and O–H groups in total. The lowest BCUT2D eigenvalue weighted by molar-refractivity contribution is 0.301. The summed E-state index contributed by atoms with van der Waals surface area (Å²) >= 11 is 3.51. The summed E-state index contributed by atoms with van der Waals surface area (Å²) in [4.78, 5) is 2.38. The van der Waals surface area contributed by atoms with Gasteiger partial charge in [0.05, 0.1) is 5.56 Å². The number of benzene rings is 1. The van der Waals surface area contributed by atoms with Crippen LogP contribution >= 0.6 is 15.9 Å². The molecule has 0 bridgehead atoms. The number of anilines is 1. The first kappa shape index (κ1) is 14.4.